The predicted octanol–water partition coefficient (Wildman–Crippen LogP) is 0.919. The fourth-order valence-electron chi connectivity index (χ4n) is 3.41. The lowest BCUT2D eigenvalue weighted by molar-refractivity contribution is -0.135. The smallest absolute Gasteiger partial charge is 0.240 e. The van der Waals surface area contributed by atoms with Crippen LogP contribution in [0.15, 0.2) is 30.3 Å². The molecule has 29 heavy (non-hydrogen) atoms. The van der Waals surface area contributed by atoms with Crippen molar-refractivity contribution in [2.24, 2.45) is 17.4 Å². The van der Waals surface area contributed by atoms with E-state index in [4.69, 9.17) is 39.4 Å². The molecule has 5 unspecified atom stereocenters. The maximum Gasteiger partial charge on any atom is 0.240 e. The van der Waals surface area contributed by atoms with Crippen LogP contribution in [0.4, 0.5) is 0 Å². The molecule has 6 N–H and O–H groups in total. The highest BCUT2D eigenvalue weighted by Crippen LogP contribution is 2.34. The van der Waals surface area contributed by atoms with E-state index in [-0.39, 0.29) is 12.8 Å². The molecule has 9 heteroatoms. The Morgan fingerprint density at radius 2 is 1.93 bits per heavy atom. The lowest BCUT2D eigenvalue weighted by Crippen LogP contribution is -2.57. The van der Waals surface area contributed by atoms with Crippen LogP contribution < -0.4 is 16.8 Å². The Bertz CT molecular complexity index is 664. The van der Waals surface area contributed by atoms with E-state index in [2.05, 4.69) is 5.32 Å². The standard InChI is InChI=1S/C20H29Cl2N3O4/c21-14-11-13(17(26)16(22)18(14)29-9-5-4-8-23)20(28)25-15(19(24)27)10-12-6-2-1-3-7-12/h1-3,6-7,13-18,26H,4-5,8-11,23H2,(H2,24,27)(H,25,28)/t13?,14?,15-,16?,17?,18?/m0/s1. The predicted molar refractivity (Wildman–Crippen MR) is 113 cm³/mol. The number of aliphatic hydroxyl groups is 1. The van der Waals surface area contributed by atoms with Gasteiger partial charge in [-0.15, -0.1) is 23.2 Å². The van der Waals surface area contributed by atoms with Crippen molar-refractivity contribution in [2.75, 3.05) is 13.2 Å². The number of halogens is 2. The van der Waals surface area contributed by atoms with E-state index in [1.165, 1.54) is 0 Å². The highest BCUT2D eigenvalue weighted by atomic mass is 35.5. The number of amides is 2. The van der Waals surface area contributed by atoms with Crippen LogP contribution >= 0.6 is 23.2 Å². The third-order valence-corrected chi connectivity index (χ3v) is 6.01. The minimum Gasteiger partial charge on any atom is -0.391 e. The number of hydrogen-bond acceptors (Lipinski definition) is 5. The van der Waals surface area contributed by atoms with Gasteiger partial charge in [-0.25, -0.2) is 0 Å². The van der Waals surface area contributed by atoms with Crippen molar-refractivity contribution >= 4 is 35.0 Å². The van der Waals surface area contributed by atoms with Gasteiger partial charge in [-0.05, 0) is 31.4 Å². The van der Waals surface area contributed by atoms with Crippen LogP contribution in [0.2, 0.25) is 0 Å². The second-order valence-corrected chi connectivity index (χ2v) is 8.34. The fourth-order valence-corrected chi connectivity index (χ4v) is 4.33. The molecule has 1 aromatic carbocycles. The molecule has 0 bridgehead atoms. The maximum atomic E-state index is 12.8. The molecule has 0 heterocycles. The van der Waals surface area contributed by atoms with Crippen LogP contribution in [0.25, 0.3) is 0 Å². The largest absolute Gasteiger partial charge is 0.391 e. The number of carbonyl (C=O) groups excluding carboxylic acids is 2. The number of nitrogens with two attached hydrogens (primary N) is 2. The van der Waals surface area contributed by atoms with Gasteiger partial charge in [0.25, 0.3) is 0 Å². The highest BCUT2D eigenvalue weighted by molar-refractivity contribution is 6.25. The number of nitrogens with one attached hydrogen (secondary N) is 1. The molecular formula is C20H29Cl2N3O4. The Morgan fingerprint density at radius 1 is 1.24 bits per heavy atom. The minimum atomic E-state index is -1.16. The van der Waals surface area contributed by atoms with E-state index < -0.39 is 46.7 Å². The van der Waals surface area contributed by atoms with Gasteiger partial charge in [-0.2, -0.15) is 0 Å². The van der Waals surface area contributed by atoms with Gasteiger partial charge in [0.15, 0.2) is 0 Å². The van der Waals surface area contributed by atoms with Crippen LogP contribution in [-0.2, 0) is 20.7 Å². The van der Waals surface area contributed by atoms with Crippen molar-refractivity contribution in [2.45, 2.75) is 54.7 Å². The lowest BCUT2D eigenvalue weighted by atomic mass is 9.83. The number of unbranched alkanes of at least 4 members (excludes halogenated alkanes) is 1. The van der Waals surface area contributed by atoms with Gasteiger partial charge in [0.1, 0.15) is 6.04 Å². The third-order valence-electron chi connectivity index (χ3n) is 5.08. The van der Waals surface area contributed by atoms with E-state index in [1.54, 1.807) is 0 Å². The molecule has 1 saturated carbocycles. The average Bonchev–Trinajstić information content (AvgIpc) is 2.70. The molecule has 1 aliphatic rings. The molecule has 0 spiro atoms. The summed E-state index contributed by atoms with van der Waals surface area (Å²) in [5, 5.41) is 11.8. The summed E-state index contributed by atoms with van der Waals surface area (Å²) in [7, 11) is 0. The van der Waals surface area contributed by atoms with E-state index in [9.17, 15) is 14.7 Å². The number of aliphatic hydroxyl groups excluding tert-OH is 1. The van der Waals surface area contributed by atoms with Crippen LogP contribution in [0.3, 0.4) is 0 Å². The molecule has 0 aliphatic heterocycles. The summed E-state index contributed by atoms with van der Waals surface area (Å²) >= 11 is 12.8. The van der Waals surface area contributed by atoms with Crippen molar-refractivity contribution in [3.63, 3.8) is 0 Å². The minimum absolute atomic E-state index is 0.177. The van der Waals surface area contributed by atoms with Crippen molar-refractivity contribution in [1.29, 1.82) is 0 Å². The molecule has 7 nitrogen and oxygen atoms in total. The second-order valence-electron chi connectivity index (χ2n) is 7.28. The Kier molecular flexibility index (Phi) is 9.65. The first-order valence-corrected chi connectivity index (χ1v) is 10.6. The molecule has 0 aromatic heterocycles. The first-order chi connectivity index (χ1) is 13.8. The normalized spacial score (nSPS) is 27.9. The number of rotatable bonds is 10. The van der Waals surface area contributed by atoms with Crippen LogP contribution in [0.5, 0.6) is 0 Å². The summed E-state index contributed by atoms with van der Waals surface area (Å²) in [6, 6.07) is 8.31. The van der Waals surface area contributed by atoms with Crippen molar-refractivity contribution in [3.8, 4) is 0 Å². The first kappa shape index (κ1) is 23.9. The monoisotopic (exact) mass is 445 g/mol. The number of carbonyl (C=O) groups is 2. The molecule has 162 valence electrons. The topological polar surface area (TPSA) is 128 Å². The van der Waals surface area contributed by atoms with Gasteiger partial charge < -0.3 is 26.6 Å². The number of primary amides is 1. The van der Waals surface area contributed by atoms with Gasteiger partial charge in [0.2, 0.25) is 11.8 Å². The number of benzene rings is 1. The highest BCUT2D eigenvalue weighted by Gasteiger charge is 2.46. The zero-order valence-corrected chi connectivity index (χ0v) is 17.7. The van der Waals surface area contributed by atoms with Gasteiger partial charge in [-0.1, -0.05) is 30.3 Å². The Hall–Kier alpha value is -1.38. The zero-order valence-electron chi connectivity index (χ0n) is 16.2. The summed E-state index contributed by atoms with van der Waals surface area (Å²) in [5.74, 6) is -2.02. The molecule has 2 rings (SSSR count). The van der Waals surface area contributed by atoms with Gasteiger partial charge in [0, 0.05) is 13.0 Å². The molecule has 1 aromatic rings. The molecule has 2 amide bonds. The SMILES string of the molecule is NCCCCOC1C(Cl)CC(C(=O)N[C@@H](Cc2ccccc2)C(N)=O)C(O)C1Cl. The van der Waals surface area contributed by atoms with E-state index in [0.29, 0.717) is 13.2 Å². The Labute approximate surface area is 181 Å². The molecular weight excluding hydrogens is 417 g/mol. The van der Waals surface area contributed by atoms with Crippen molar-refractivity contribution < 1.29 is 19.4 Å². The number of hydrogen-bond donors (Lipinski definition) is 4. The fraction of sp³-hybridized carbons (Fsp3) is 0.600. The molecule has 1 aliphatic carbocycles. The maximum absolute atomic E-state index is 12.8. The van der Waals surface area contributed by atoms with Crippen molar-refractivity contribution in [1.82, 2.24) is 5.32 Å². The van der Waals surface area contributed by atoms with Crippen molar-refractivity contribution in [3.05, 3.63) is 35.9 Å². The summed E-state index contributed by atoms with van der Waals surface area (Å²) in [6.45, 7) is 0.996. The van der Waals surface area contributed by atoms with E-state index >= 15 is 0 Å². The number of ether oxygens (including phenoxy) is 1. The molecule has 0 radical (unpaired) electrons. The van der Waals surface area contributed by atoms with Crippen LogP contribution in [-0.4, -0.2) is 59.1 Å². The third kappa shape index (κ3) is 6.83. The Balaban J connectivity index is 1.98. The van der Waals surface area contributed by atoms with E-state index in [1.807, 2.05) is 30.3 Å². The number of alkyl halides is 2. The molecule has 6 atom stereocenters. The summed E-state index contributed by atoms with van der Waals surface area (Å²) in [4.78, 5) is 24.6. The lowest BCUT2D eigenvalue weighted by Gasteiger charge is -2.39. The zero-order chi connectivity index (χ0) is 21.4. The van der Waals surface area contributed by atoms with E-state index in [0.717, 1.165) is 18.4 Å². The van der Waals surface area contributed by atoms with Crippen LogP contribution in [0.1, 0.15) is 24.8 Å². The summed E-state index contributed by atoms with van der Waals surface area (Å²) in [6.07, 6.45) is 0.279. The second kappa shape index (κ2) is 11.7. The quantitative estimate of drug-likeness (QED) is 0.314. The van der Waals surface area contributed by atoms with Gasteiger partial charge >= 0.3 is 0 Å². The molecule has 0 saturated heterocycles. The van der Waals surface area contributed by atoms with Gasteiger partial charge in [-0.3, -0.25) is 9.59 Å². The summed E-state index contributed by atoms with van der Waals surface area (Å²) in [5.41, 5.74) is 11.8. The Morgan fingerprint density at radius 3 is 2.55 bits per heavy atom. The first-order valence-electron chi connectivity index (χ1n) is 9.76. The summed E-state index contributed by atoms with van der Waals surface area (Å²) < 4.78 is 5.72. The van der Waals surface area contributed by atoms with Crippen LogP contribution in [0, 0.1) is 5.92 Å². The van der Waals surface area contributed by atoms with Gasteiger partial charge in [0.05, 0.1) is 28.9 Å². The molecule has 1 fully saturated rings. The average molecular weight is 446 g/mol.